The number of sulfonamides is 1. The molecule has 1 amide bonds. The third-order valence-electron chi connectivity index (χ3n) is 4.73. The quantitative estimate of drug-likeness (QED) is 0.443. The summed E-state index contributed by atoms with van der Waals surface area (Å²) in [6.45, 7) is 10.6. The number of benzene rings is 2. The highest BCUT2D eigenvalue weighted by Crippen LogP contribution is 2.39. The summed E-state index contributed by atoms with van der Waals surface area (Å²) in [6, 6.07) is 6.81. The van der Waals surface area contributed by atoms with Crippen molar-refractivity contribution in [1.82, 2.24) is 4.31 Å². The number of hydrogen-bond acceptors (Lipinski definition) is 7. The van der Waals surface area contributed by atoms with Crippen molar-refractivity contribution in [1.29, 1.82) is 0 Å². The van der Waals surface area contributed by atoms with E-state index in [1.54, 1.807) is 13.8 Å². The highest BCUT2D eigenvalue weighted by Gasteiger charge is 2.24. The lowest BCUT2D eigenvalue weighted by Gasteiger charge is -2.19. The molecule has 2 aromatic carbocycles. The Balaban J connectivity index is 2.45. The fraction of sp³-hybridized carbons (Fsp3) is 0.435. The van der Waals surface area contributed by atoms with Gasteiger partial charge < -0.3 is 24.6 Å². The molecule has 0 atom stereocenters. The first-order valence-corrected chi connectivity index (χ1v) is 12.4. The zero-order valence-corrected chi connectivity index (χ0v) is 20.5. The van der Waals surface area contributed by atoms with Gasteiger partial charge in [-0.3, -0.25) is 4.79 Å². The van der Waals surface area contributed by atoms with Crippen LogP contribution in [-0.2, 0) is 10.0 Å². The molecule has 2 aromatic rings. The fourth-order valence-corrected chi connectivity index (χ4v) is 4.69. The molecule has 182 valence electrons. The predicted octanol–water partition coefficient (Wildman–Crippen LogP) is 3.87. The van der Waals surface area contributed by atoms with E-state index in [9.17, 15) is 18.3 Å². The molecule has 0 fully saturated rings. The minimum Gasteiger partial charge on any atom is -0.506 e. The number of phenolic OH excluding ortho intramolecular Hbond substituents is 1. The molecule has 9 nitrogen and oxygen atoms in total. The van der Waals surface area contributed by atoms with Gasteiger partial charge >= 0.3 is 0 Å². The molecule has 0 radical (unpaired) electrons. The van der Waals surface area contributed by atoms with Gasteiger partial charge in [0.15, 0.2) is 11.5 Å². The highest BCUT2D eigenvalue weighted by molar-refractivity contribution is 7.89. The monoisotopic (exact) mass is 480 g/mol. The molecule has 0 heterocycles. The van der Waals surface area contributed by atoms with E-state index >= 15 is 0 Å². The summed E-state index contributed by atoms with van der Waals surface area (Å²) in [5.74, 6) is 0.249. The van der Waals surface area contributed by atoms with Crippen LogP contribution in [0.2, 0.25) is 0 Å². The first-order chi connectivity index (χ1) is 15.7. The lowest BCUT2D eigenvalue weighted by molar-refractivity contribution is 0.102. The summed E-state index contributed by atoms with van der Waals surface area (Å²) in [5, 5.41) is 12.8. The van der Waals surface area contributed by atoms with Gasteiger partial charge in [0.05, 0.1) is 30.4 Å². The van der Waals surface area contributed by atoms with Crippen molar-refractivity contribution in [2.24, 2.45) is 0 Å². The van der Waals surface area contributed by atoms with Gasteiger partial charge in [-0.2, -0.15) is 4.31 Å². The number of carbonyl (C=O) groups excluding carboxylic acids is 1. The van der Waals surface area contributed by atoms with Crippen LogP contribution >= 0.6 is 0 Å². The standard InChI is InChI=1S/C23H32N2O7S/c1-6-25(7-2)33(28,29)17-11-12-19(26)18(15-17)24-23(27)16-13-20(30-8-3)22(32-10-5)21(14-16)31-9-4/h11-15,26H,6-10H2,1-5H3,(H,24,27). The molecule has 0 unspecified atom stereocenters. The molecule has 0 saturated heterocycles. The lowest BCUT2D eigenvalue weighted by atomic mass is 10.1. The zero-order valence-electron chi connectivity index (χ0n) is 19.7. The average Bonchev–Trinajstić information content (AvgIpc) is 2.78. The molecule has 0 saturated carbocycles. The van der Waals surface area contributed by atoms with Crippen LogP contribution in [-0.4, -0.2) is 56.6 Å². The molecule has 0 aromatic heterocycles. The molecule has 0 bridgehead atoms. The van der Waals surface area contributed by atoms with Crippen LogP contribution in [0.25, 0.3) is 0 Å². The largest absolute Gasteiger partial charge is 0.506 e. The minimum atomic E-state index is -3.77. The molecule has 10 heteroatoms. The van der Waals surface area contributed by atoms with Crippen LogP contribution in [0.15, 0.2) is 35.2 Å². The lowest BCUT2D eigenvalue weighted by Crippen LogP contribution is -2.30. The number of aromatic hydroxyl groups is 1. The number of rotatable bonds is 12. The van der Waals surface area contributed by atoms with Gasteiger partial charge in [-0.05, 0) is 51.1 Å². The normalized spacial score (nSPS) is 11.3. The molecule has 0 aliphatic rings. The Morgan fingerprint density at radius 2 is 1.45 bits per heavy atom. The summed E-state index contributed by atoms with van der Waals surface area (Å²) >= 11 is 0. The number of nitrogens with one attached hydrogen (secondary N) is 1. The first-order valence-electron chi connectivity index (χ1n) is 10.9. The van der Waals surface area contributed by atoms with Gasteiger partial charge in [0.1, 0.15) is 5.75 Å². The molecular formula is C23H32N2O7S. The van der Waals surface area contributed by atoms with E-state index in [1.807, 2.05) is 20.8 Å². The van der Waals surface area contributed by atoms with Crippen molar-refractivity contribution in [2.45, 2.75) is 39.5 Å². The Morgan fingerprint density at radius 1 is 0.909 bits per heavy atom. The van der Waals surface area contributed by atoms with Gasteiger partial charge in [-0.1, -0.05) is 13.8 Å². The Kier molecular flexibility index (Phi) is 9.36. The first kappa shape index (κ1) is 26.3. The number of phenols is 1. The van der Waals surface area contributed by atoms with E-state index in [-0.39, 0.29) is 21.9 Å². The van der Waals surface area contributed by atoms with Crippen LogP contribution in [0, 0.1) is 0 Å². The Bertz CT molecular complexity index is 1040. The highest BCUT2D eigenvalue weighted by atomic mass is 32.2. The van der Waals surface area contributed by atoms with Crippen molar-refractivity contribution in [3.05, 3.63) is 35.9 Å². The van der Waals surface area contributed by atoms with Crippen LogP contribution in [0.4, 0.5) is 5.69 Å². The van der Waals surface area contributed by atoms with E-state index < -0.39 is 15.9 Å². The SMILES string of the molecule is CCOc1cc(C(=O)Nc2cc(S(=O)(=O)N(CC)CC)ccc2O)cc(OCC)c1OCC. The number of amides is 1. The maximum Gasteiger partial charge on any atom is 0.256 e. The second-order valence-electron chi connectivity index (χ2n) is 6.82. The third-order valence-corrected chi connectivity index (χ3v) is 6.78. The van der Waals surface area contributed by atoms with Crippen molar-refractivity contribution < 1.29 is 32.5 Å². The summed E-state index contributed by atoms with van der Waals surface area (Å²) in [4.78, 5) is 13.0. The summed E-state index contributed by atoms with van der Waals surface area (Å²) in [5.41, 5.74) is 0.166. The van der Waals surface area contributed by atoms with Crippen molar-refractivity contribution in [3.8, 4) is 23.0 Å². The van der Waals surface area contributed by atoms with E-state index in [2.05, 4.69) is 5.32 Å². The number of carbonyl (C=O) groups is 1. The Labute approximate surface area is 195 Å². The second kappa shape index (κ2) is 11.8. The smallest absolute Gasteiger partial charge is 0.256 e. The van der Waals surface area contributed by atoms with E-state index in [0.29, 0.717) is 50.2 Å². The summed E-state index contributed by atoms with van der Waals surface area (Å²) in [6.07, 6.45) is 0. The van der Waals surface area contributed by atoms with Crippen LogP contribution < -0.4 is 19.5 Å². The number of hydrogen-bond donors (Lipinski definition) is 2. The van der Waals surface area contributed by atoms with E-state index in [0.717, 1.165) is 0 Å². The molecule has 0 spiro atoms. The molecule has 33 heavy (non-hydrogen) atoms. The number of anilines is 1. The molecule has 0 aliphatic heterocycles. The maximum atomic E-state index is 13.0. The second-order valence-corrected chi connectivity index (χ2v) is 8.76. The summed E-state index contributed by atoms with van der Waals surface area (Å²) in [7, 11) is -3.77. The van der Waals surface area contributed by atoms with Gasteiger partial charge in [-0.25, -0.2) is 8.42 Å². The van der Waals surface area contributed by atoms with Crippen molar-refractivity contribution in [2.75, 3.05) is 38.2 Å². The molecule has 0 aliphatic carbocycles. The fourth-order valence-electron chi connectivity index (χ4n) is 3.20. The van der Waals surface area contributed by atoms with Gasteiger partial charge in [0.2, 0.25) is 15.8 Å². The Morgan fingerprint density at radius 3 is 1.94 bits per heavy atom. The predicted molar refractivity (Wildman–Crippen MR) is 126 cm³/mol. The molecular weight excluding hydrogens is 448 g/mol. The van der Waals surface area contributed by atoms with Gasteiger partial charge in [-0.15, -0.1) is 0 Å². The van der Waals surface area contributed by atoms with Gasteiger partial charge in [0.25, 0.3) is 5.91 Å². The van der Waals surface area contributed by atoms with Crippen LogP contribution in [0.1, 0.15) is 45.0 Å². The van der Waals surface area contributed by atoms with E-state index in [4.69, 9.17) is 14.2 Å². The maximum absolute atomic E-state index is 13.0. The zero-order chi connectivity index (χ0) is 24.6. The third kappa shape index (κ3) is 6.08. The molecule has 2 rings (SSSR count). The van der Waals surface area contributed by atoms with Crippen molar-refractivity contribution in [3.63, 3.8) is 0 Å². The summed E-state index contributed by atoms with van der Waals surface area (Å²) < 4.78 is 43.9. The number of nitrogens with zero attached hydrogens (tertiary/aromatic N) is 1. The van der Waals surface area contributed by atoms with E-state index in [1.165, 1.54) is 34.6 Å². The number of ether oxygens (including phenoxy) is 3. The Hall–Kier alpha value is -2.98. The average molecular weight is 481 g/mol. The molecule has 2 N–H and O–H groups in total. The topological polar surface area (TPSA) is 114 Å². The van der Waals surface area contributed by atoms with Crippen LogP contribution in [0.3, 0.4) is 0 Å². The minimum absolute atomic E-state index is 0.0296. The van der Waals surface area contributed by atoms with Crippen molar-refractivity contribution >= 4 is 21.6 Å². The van der Waals surface area contributed by atoms with Gasteiger partial charge in [0, 0.05) is 18.7 Å². The van der Waals surface area contributed by atoms with Crippen LogP contribution in [0.5, 0.6) is 23.0 Å².